The van der Waals surface area contributed by atoms with E-state index < -0.39 is 11.6 Å². The largest absolute Gasteiger partial charge is 0.504 e. The van der Waals surface area contributed by atoms with E-state index >= 15 is 0 Å². The number of nitrogens with zero attached hydrogens (tertiary/aromatic N) is 4. The third-order valence-corrected chi connectivity index (χ3v) is 11.1. The van der Waals surface area contributed by atoms with Crippen molar-refractivity contribution in [3.63, 3.8) is 0 Å². The first-order valence-electron chi connectivity index (χ1n) is 18.0. The van der Waals surface area contributed by atoms with E-state index in [0.29, 0.717) is 37.7 Å². The number of methoxy groups -OCH3 is 1. The third-order valence-electron chi connectivity index (χ3n) is 9.78. The van der Waals surface area contributed by atoms with Gasteiger partial charge < -0.3 is 19.3 Å². The second kappa shape index (κ2) is 16.5. The minimum absolute atomic E-state index is 0.00963. The smallest absolute Gasteiger partial charge is 0.276 e. The predicted octanol–water partition coefficient (Wildman–Crippen LogP) is 11.0. The summed E-state index contributed by atoms with van der Waals surface area (Å²) in [5, 5.41) is 10.6. The second-order valence-electron chi connectivity index (χ2n) is 13.7. The molecule has 8 rings (SSSR count). The number of phenolic OH excluding ortho intramolecular Hbond substituents is 1. The van der Waals surface area contributed by atoms with Crippen LogP contribution < -0.4 is 25.3 Å². The predicted molar refractivity (Wildman–Crippen MR) is 217 cm³/mol. The van der Waals surface area contributed by atoms with Crippen LogP contribution in [0.4, 0.5) is 8.78 Å². The van der Waals surface area contributed by atoms with Gasteiger partial charge in [0.25, 0.3) is 11.1 Å². The van der Waals surface area contributed by atoms with E-state index in [1.807, 2.05) is 26.0 Å². The maximum Gasteiger partial charge on any atom is 0.276 e. The van der Waals surface area contributed by atoms with Gasteiger partial charge in [-0.3, -0.25) is 19.0 Å². The highest BCUT2D eigenvalue weighted by atomic mass is 35.5. The lowest BCUT2D eigenvalue weighted by molar-refractivity contribution is 0.356. The van der Waals surface area contributed by atoms with Gasteiger partial charge in [0.05, 0.1) is 28.3 Å². The lowest BCUT2D eigenvalue weighted by Crippen LogP contribution is -2.27. The molecule has 0 fully saturated rings. The number of aromatic hydroxyl groups is 1. The molecule has 16 heteroatoms. The van der Waals surface area contributed by atoms with Crippen molar-refractivity contribution in [2.45, 2.75) is 65.7 Å². The Balaban J connectivity index is 0.000000174. The third kappa shape index (κ3) is 7.88. The quantitative estimate of drug-likeness (QED) is 0.172. The zero-order chi connectivity index (χ0) is 40.7. The molecular weight excluding hydrogens is 824 g/mol. The second-order valence-corrected chi connectivity index (χ2v) is 15.2. The fraction of sp³-hybridized carbons (Fsp3) is 0.268. The van der Waals surface area contributed by atoms with E-state index in [0.717, 1.165) is 48.9 Å². The van der Waals surface area contributed by atoms with Crippen molar-refractivity contribution in [3.8, 4) is 56.8 Å². The lowest BCUT2D eigenvalue weighted by Gasteiger charge is -2.17. The Kier molecular flexibility index (Phi) is 11.7. The van der Waals surface area contributed by atoms with Crippen LogP contribution in [0.2, 0.25) is 20.4 Å². The van der Waals surface area contributed by atoms with E-state index in [2.05, 4.69) is 0 Å². The van der Waals surface area contributed by atoms with Crippen LogP contribution in [0.1, 0.15) is 36.8 Å². The molecular formula is C41H36Cl4F2N4O6. The molecule has 4 heterocycles. The molecule has 4 aromatic carbocycles. The number of fused-ring (bicyclic) bond motifs is 2. The summed E-state index contributed by atoms with van der Waals surface area (Å²) in [6.07, 6.45) is 3.56. The van der Waals surface area contributed by atoms with Gasteiger partial charge in [0, 0.05) is 37.3 Å². The summed E-state index contributed by atoms with van der Waals surface area (Å²) < 4.78 is 52.9. The Morgan fingerprint density at radius 1 is 0.561 bits per heavy atom. The average Bonchev–Trinajstić information content (AvgIpc) is 3.59. The monoisotopic (exact) mass is 858 g/mol. The van der Waals surface area contributed by atoms with Crippen LogP contribution in [0.5, 0.6) is 34.5 Å². The highest BCUT2D eigenvalue weighted by Gasteiger charge is 2.27. The molecule has 0 amide bonds. The highest BCUT2D eigenvalue weighted by molar-refractivity contribution is 6.34. The molecule has 0 saturated carbocycles. The SMILES string of the molecule is COc1cc(C)ccc1Oc1cc(-c2c(Cl)n3n(c2=O)CCCC3)c(F)cc1Cl.Cc1ccc(Oc2cc(-c3c(Cl)n4n(c3=O)CCCC4)c(F)cc2Cl)c(O)c1. The molecule has 0 radical (unpaired) electrons. The molecule has 2 aliphatic rings. The molecule has 0 atom stereocenters. The molecule has 2 aromatic heterocycles. The summed E-state index contributed by atoms with van der Waals surface area (Å²) in [5.41, 5.74) is 1.44. The zero-order valence-electron chi connectivity index (χ0n) is 31.0. The van der Waals surface area contributed by atoms with Crippen molar-refractivity contribution < 1.29 is 28.1 Å². The minimum atomic E-state index is -0.673. The molecule has 0 unspecified atom stereocenters. The van der Waals surface area contributed by atoms with Crippen molar-refractivity contribution in [2.75, 3.05) is 7.11 Å². The molecule has 298 valence electrons. The molecule has 6 aromatic rings. The van der Waals surface area contributed by atoms with Crippen molar-refractivity contribution >= 4 is 46.4 Å². The molecule has 0 saturated heterocycles. The van der Waals surface area contributed by atoms with Crippen LogP contribution >= 0.6 is 46.4 Å². The summed E-state index contributed by atoms with van der Waals surface area (Å²) in [5.74, 6) is 0.0508. The summed E-state index contributed by atoms with van der Waals surface area (Å²) in [6, 6.07) is 15.3. The first-order valence-corrected chi connectivity index (χ1v) is 19.6. The van der Waals surface area contributed by atoms with Crippen molar-refractivity contribution in [3.05, 3.63) is 124 Å². The summed E-state index contributed by atoms with van der Waals surface area (Å²) in [4.78, 5) is 25.7. The van der Waals surface area contributed by atoms with E-state index in [1.165, 1.54) is 23.9 Å². The first-order chi connectivity index (χ1) is 27.3. The van der Waals surface area contributed by atoms with E-state index in [-0.39, 0.29) is 76.7 Å². The van der Waals surface area contributed by atoms with Crippen molar-refractivity contribution in [2.24, 2.45) is 0 Å². The topological polar surface area (TPSA) is 102 Å². The van der Waals surface area contributed by atoms with Crippen LogP contribution in [0.15, 0.2) is 70.3 Å². The molecule has 10 nitrogen and oxygen atoms in total. The van der Waals surface area contributed by atoms with E-state index in [1.54, 1.807) is 38.3 Å². The normalized spacial score (nSPS) is 13.4. The number of aromatic nitrogens is 4. The Hall–Kier alpha value is -4.88. The molecule has 57 heavy (non-hydrogen) atoms. The number of aryl methyl sites for hydroxylation is 2. The maximum absolute atomic E-state index is 14.8. The standard InChI is InChI=1S/C21H19Cl2FN2O3.C20H17Cl2FN2O3/c1-12-5-6-16(18(9-12)28-2)29-17-10-13(15(24)11-14(17)22)19-20(23)25-7-3-4-8-26(25)21(19)27;1-11-4-5-16(15(26)8-11)28-17-9-12(14(23)10-13(17)21)18-19(22)24-6-2-3-7-25(24)20(18)27/h5-6,9-11H,3-4,7-8H2,1-2H3;4-5,8-10,26H,2-3,6-7H2,1H3. The van der Waals surface area contributed by atoms with Crippen molar-refractivity contribution in [1.82, 2.24) is 18.7 Å². The molecule has 1 N–H and O–H groups in total. The minimum Gasteiger partial charge on any atom is -0.504 e. The zero-order valence-corrected chi connectivity index (χ0v) is 34.0. The first kappa shape index (κ1) is 40.3. The van der Waals surface area contributed by atoms with Gasteiger partial charge in [0.15, 0.2) is 23.0 Å². The van der Waals surface area contributed by atoms with Crippen LogP contribution in [0.3, 0.4) is 0 Å². The summed E-state index contributed by atoms with van der Waals surface area (Å²) in [6.45, 7) is 6.07. The van der Waals surface area contributed by atoms with Crippen molar-refractivity contribution in [1.29, 1.82) is 0 Å². The number of phenols is 1. The Morgan fingerprint density at radius 3 is 1.42 bits per heavy atom. The number of hydrogen-bond acceptors (Lipinski definition) is 6. The van der Waals surface area contributed by atoms with E-state index in [4.69, 9.17) is 60.6 Å². The highest BCUT2D eigenvalue weighted by Crippen LogP contribution is 2.42. The van der Waals surface area contributed by atoms with Gasteiger partial charge in [-0.1, -0.05) is 58.5 Å². The van der Waals surface area contributed by atoms with Gasteiger partial charge in [-0.05, 0) is 99.2 Å². The van der Waals surface area contributed by atoms with Gasteiger partial charge in [-0.2, -0.15) is 0 Å². The number of rotatable bonds is 7. The number of halogens is 6. The maximum atomic E-state index is 14.8. The van der Waals surface area contributed by atoms with Gasteiger partial charge in [0.1, 0.15) is 33.4 Å². The number of hydrogen-bond donors (Lipinski definition) is 1. The summed E-state index contributed by atoms with van der Waals surface area (Å²) >= 11 is 25.2. The van der Waals surface area contributed by atoms with Gasteiger partial charge in [0.2, 0.25) is 0 Å². The Labute approximate surface area is 345 Å². The van der Waals surface area contributed by atoms with Gasteiger partial charge >= 0.3 is 0 Å². The van der Waals surface area contributed by atoms with E-state index in [9.17, 15) is 23.5 Å². The van der Waals surface area contributed by atoms with Gasteiger partial charge in [-0.15, -0.1) is 0 Å². The van der Waals surface area contributed by atoms with Crippen LogP contribution in [-0.2, 0) is 26.2 Å². The molecule has 0 aliphatic carbocycles. The van der Waals surface area contributed by atoms with Crippen LogP contribution in [-0.4, -0.2) is 30.9 Å². The fourth-order valence-electron chi connectivity index (χ4n) is 6.91. The number of benzene rings is 4. The van der Waals surface area contributed by atoms with Crippen LogP contribution in [0.25, 0.3) is 22.3 Å². The summed E-state index contributed by atoms with van der Waals surface area (Å²) in [7, 11) is 1.53. The number of ether oxygens (including phenoxy) is 3. The lowest BCUT2D eigenvalue weighted by atomic mass is 10.1. The molecule has 0 bridgehead atoms. The molecule has 0 spiro atoms. The average molecular weight is 861 g/mol. The molecule has 2 aliphatic heterocycles. The van der Waals surface area contributed by atoms with Gasteiger partial charge in [-0.25, -0.2) is 18.1 Å². The van der Waals surface area contributed by atoms with Crippen LogP contribution in [0, 0.1) is 25.5 Å². The Bertz CT molecular complexity index is 2650. The fourth-order valence-corrected chi connectivity index (χ4v) is 8.01. The Morgan fingerprint density at radius 2 is 0.982 bits per heavy atom.